The molecule has 90 valence electrons. The van der Waals surface area contributed by atoms with E-state index in [-0.39, 0.29) is 6.04 Å². The van der Waals surface area contributed by atoms with E-state index in [1.54, 1.807) is 11.8 Å². The van der Waals surface area contributed by atoms with Gasteiger partial charge < -0.3 is 10.5 Å². The second-order valence-electron chi connectivity index (χ2n) is 3.88. The minimum atomic E-state index is -0.0757. The maximum absolute atomic E-state index is 6.09. The van der Waals surface area contributed by atoms with Crippen LogP contribution in [0, 0.1) is 0 Å². The van der Waals surface area contributed by atoms with Crippen LogP contribution in [0.4, 0.5) is 0 Å². The highest BCUT2D eigenvalue weighted by atomic mass is 16.5. The van der Waals surface area contributed by atoms with Crippen LogP contribution in [0.2, 0.25) is 0 Å². The van der Waals surface area contributed by atoms with E-state index in [0.717, 1.165) is 11.3 Å². The molecule has 0 saturated carbocycles. The molecule has 0 saturated heterocycles. The van der Waals surface area contributed by atoms with Gasteiger partial charge in [-0.15, -0.1) is 5.10 Å². The molecule has 0 aliphatic heterocycles. The second kappa shape index (κ2) is 5.56. The number of ether oxygens (including phenoxy) is 1. The van der Waals surface area contributed by atoms with E-state index in [4.69, 9.17) is 10.5 Å². The molecule has 1 heterocycles. The molecule has 0 amide bonds. The topological polar surface area (TPSA) is 66.0 Å². The number of rotatable bonds is 5. The fourth-order valence-electron chi connectivity index (χ4n) is 1.65. The molecule has 0 radical (unpaired) electrons. The quantitative estimate of drug-likeness (QED) is 0.839. The Morgan fingerprint density at radius 3 is 2.82 bits per heavy atom. The third kappa shape index (κ3) is 3.12. The molecular formula is C12H16N4O. The Labute approximate surface area is 100 Å². The Balaban J connectivity index is 2.00. The lowest BCUT2D eigenvalue weighted by molar-refractivity contribution is 0.181. The molecule has 17 heavy (non-hydrogen) atoms. The van der Waals surface area contributed by atoms with Crippen LogP contribution in [-0.4, -0.2) is 22.1 Å². The van der Waals surface area contributed by atoms with Gasteiger partial charge in [-0.2, -0.15) is 0 Å². The molecule has 1 unspecified atom stereocenters. The zero-order chi connectivity index (χ0) is 12.1. The third-order valence-corrected chi connectivity index (χ3v) is 2.49. The van der Waals surface area contributed by atoms with Crippen LogP contribution in [0.3, 0.4) is 0 Å². The summed E-state index contributed by atoms with van der Waals surface area (Å²) < 4.78 is 6.73. The van der Waals surface area contributed by atoms with Gasteiger partial charge in [-0.25, -0.2) is 0 Å². The molecule has 1 aromatic heterocycles. The van der Waals surface area contributed by atoms with Gasteiger partial charge in [-0.05, 0) is 5.56 Å². The zero-order valence-electron chi connectivity index (χ0n) is 9.78. The van der Waals surface area contributed by atoms with E-state index in [0.29, 0.717) is 13.2 Å². The van der Waals surface area contributed by atoms with Crippen molar-refractivity contribution in [1.82, 2.24) is 15.0 Å². The van der Waals surface area contributed by atoms with Gasteiger partial charge in [0.05, 0.1) is 19.3 Å². The summed E-state index contributed by atoms with van der Waals surface area (Å²) in [5, 5.41) is 7.99. The summed E-state index contributed by atoms with van der Waals surface area (Å²) in [6, 6.07) is 9.88. The molecule has 0 aliphatic rings. The number of nitrogens with zero attached hydrogens (tertiary/aromatic N) is 3. The van der Waals surface area contributed by atoms with Crippen LogP contribution in [0.5, 0.6) is 0 Å². The second-order valence-corrected chi connectivity index (χ2v) is 3.88. The van der Waals surface area contributed by atoms with Gasteiger partial charge >= 0.3 is 0 Å². The van der Waals surface area contributed by atoms with Crippen LogP contribution >= 0.6 is 0 Å². The van der Waals surface area contributed by atoms with Gasteiger partial charge in [-0.1, -0.05) is 35.5 Å². The monoisotopic (exact) mass is 232 g/mol. The molecule has 1 atom stereocenters. The Morgan fingerprint density at radius 2 is 2.12 bits per heavy atom. The maximum atomic E-state index is 6.09. The van der Waals surface area contributed by atoms with Gasteiger partial charge in [-0.3, -0.25) is 4.68 Å². The van der Waals surface area contributed by atoms with E-state index < -0.39 is 0 Å². The van der Waals surface area contributed by atoms with Crippen molar-refractivity contribution >= 4 is 0 Å². The minimum Gasteiger partial charge on any atom is -0.378 e. The van der Waals surface area contributed by atoms with E-state index >= 15 is 0 Å². The summed E-state index contributed by atoms with van der Waals surface area (Å²) in [6.07, 6.45) is 1.85. The van der Waals surface area contributed by atoms with Crippen molar-refractivity contribution in [1.29, 1.82) is 0 Å². The SMILES string of the molecule is COCc1cn(CC(N)c2ccccc2)nn1. The van der Waals surface area contributed by atoms with E-state index in [1.807, 2.05) is 36.5 Å². The molecule has 0 spiro atoms. The highest BCUT2D eigenvalue weighted by molar-refractivity contribution is 5.18. The van der Waals surface area contributed by atoms with Gasteiger partial charge in [0.2, 0.25) is 0 Å². The summed E-state index contributed by atoms with van der Waals surface area (Å²) in [7, 11) is 1.63. The maximum Gasteiger partial charge on any atom is 0.108 e. The van der Waals surface area contributed by atoms with Crippen molar-refractivity contribution in [3.8, 4) is 0 Å². The van der Waals surface area contributed by atoms with Crippen LogP contribution in [0.25, 0.3) is 0 Å². The van der Waals surface area contributed by atoms with Crippen molar-refractivity contribution < 1.29 is 4.74 Å². The predicted molar refractivity (Wildman–Crippen MR) is 64.1 cm³/mol. The Hall–Kier alpha value is -1.72. The molecule has 5 heteroatoms. The molecule has 0 bridgehead atoms. The smallest absolute Gasteiger partial charge is 0.108 e. The number of nitrogens with two attached hydrogens (primary N) is 1. The molecule has 0 aliphatic carbocycles. The standard InChI is InChI=1S/C12H16N4O/c1-17-9-11-7-16(15-14-11)8-12(13)10-5-3-2-4-6-10/h2-7,12H,8-9,13H2,1H3. The molecule has 0 fully saturated rings. The predicted octanol–water partition coefficient (Wildman–Crippen LogP) is 1.12. The van der Waals surface area contributed by atoms with Crippen molar-refractivity contribution in [2.24, 2.45) is 5.73 Å². The first-order valence-corrected chi connectivity index (χ1v) is 5.48. The zero-order valence-corrected chi connectivity index (χ0v) is 9.78. The number of hydrogen-bond acceptors (Lipinski definition) is 4. The van der Waals surface area contributed by atoms with Gasteiger partial charge in [0.1, 0.15) is 5.69 Å². The lowest BCUT2D eigenvalue weighted by atomic mass is 10.1. The largest absolute Gasteiger partial charge is 0.378 e. The lowest BCUT2D eigenvalue weighted by Gasteiger charge is -2.10. The Bertz CT molecular complexity index is 455. The number of hydrogen-bond donors (Lipinski definition) is 1. The Morgan fingerprint density at radius 1 is 1.35 bits per heavy atom. The number of methoxy groups -OCH3 is 1. The minimum absolute atomic E-state index is 0.0757. The normalized spacial score (nSPS) is 12.6. The Kier molecular flexibility index (Phi) is 3.85. The van der Waals surface area contributed by atoms with Crippen LogP contribution in [0.1, 0.15) is 17.3 Å². The summed E-state index contributed by atoms with van der Waals surface area (Å²) in [5.41, 5.74) is 8.00. The summed E-state index contributed by atoms with van der Waals surface area (Å²) in [5.74, 6) is 0. The average Bonchev–Trinajstić information content (AvgIpc) is 2.78. The fourth-order valence-corrected chi connectivity index (χ4v) is 1.65. The number of aromatic nitrogens is 3. The van der Waals surface area contributed by atoms with Crippen molar-refractivity contribution in [3.05, 3.63) is 47.8 Å². The average molecular weight is 232 g/mol. The number of benzene rings is 1. The van der Waals surface area contributed by atoms with E-state index in [2.05, 4.69) is 10.3 Å². The first-order chi connectivity index (χ1) is 8.29. The van der Waals surface area contributed by atoms with Gasteiger partial charge in [0.25, 0.3) is 0 Å². The lowest BCUT2D eigenvalue weighted by Crippen LogP contribution is -2.17. The summed E-state index contributed by atoms with van der Waals surface area (Å²) in [6.45, 7) is 1.08. The van der Waals surface area contributed by atoms with Crippen molar-refractivity contribution in [2.75, 3.05) is 7.11 Å². The van der Waals surface area contributed by atoms with E-state index in [9.17, 15) is 0 Å². The first kappa shape index (κ1) is 11.8. The summed E-state index contributed by atoms with van der Waals surface area (Å²) in [4.78, 5) is 0. The molecule has 5 nitrogen and oxygen atoms in total. The van der Waals surface area contributed by atoms with Crippen LogP contribution in [0.15, 0.2) is 36.5 Å². The van der Waals surface area contributed by atoms with Gasteiger partial charge in [0.15, 0.2) is 0 Å². The third-order valence-electron chi connectivity index (χ3n) is 2.49. The molecule has 1 aromatic carbocycles. The molecule has 2 rings (SSSR count). The van der Waals surface area contributed by atoms with Gasteiger partial charge in [0, 0.05) is 13.2 Å². The molecule has 2 aromatic rings. The highest BCUT2D eigenvalue weighted by Gasteiger charge is 2.08. The fraction of sp³-hybridized carbons (Fsp3) is 0.333. The van der Waals surface area contributed by atoms with Crippen LogP contribution < -0.4 is 5.73 Å². The first-order valence-electron chi connectivity index (χ1n) is 5.48. The van der Waals surface area contributed by atoms with Crippen molar-refractivity contribution in [3.63, 3.8) is 0 Å². The molecule has 2 N–H and O–H groups in total. The van der Waals surface area contributed by atoms with Crippen LogP contribution in [-0.2, 0) is 17.9 Å². The van der Waals surface area contributed by atoms with Crippen molar-refractivity contribution in [2.45, 2.75) is 19.2 Å². The molecular weight excluding hydrogens is 216 g/mol. The highest BCUT2D eigenvalue weighted by Crippen LogP contribution is 2.11. The summed E-state index contributed by atoms with van der Waals surface area (Å²) >= 11 is 0. The van der Waals surface area contributed by atoms with E-state index in [1.165, 1.54) is 0 Å².